The van der Waals surface area contributed by atoms with Crippen molar-refractivity contribution in [3.8, 4) is 11.5 Å². The van der Waals surface area contributed by atoms with Crippen LogP contribution in [0.1, 0.15) is 23.6 Å². The normalized spacial score (nSPS) is 15.1. The Morgan fingerprint density at radius 3 is 2.44 bits per heavy atom. The average Bonchev–Trinajstić information content (AvgIpc) is 2.74. The number of halogens is 1. The molecule has 7 nitrogen and oxygen atoms in total. The molecule has 1 fully saturated rings. The van der Waals surface area contributed by atoms with Gasteiger partial charge in [0.15, 0.2) is 11.5 Å². The highest BCUT2D eigenvalue weighted by atomic mass is 79.9. The molecule has 0 unspecified atom stereocenters. The first kappa shape index (κ1) is 23.3. The Hall–Kier alpha value is -3.39. The summed E-state index contributed by atoms with van der Waals surface area (Å²) in [7, 11) is 0. The number of urea groups is 1. The molecule has 4 amide bonds. The van der Waals surface area contributed by atoms with Gasteiger partial charge in [0.25, 0.3) is 11.8 Å². The minimum absolute atomic E-state index is 0.175. The van der Waals surface area contributed by atoms with Crippen LogP contribution in [-0.4, -0.2) is 31.1 Å². The molecular weight excluding hydrogens is 476 g/mol. The number of amides is 4. The van der Waals surface area contributed by atoms with Gasteiger partial charge in [0.1, 0.15) is 12.2 Å². The SMILES string of the molecule is C=CCOc1cc(Br)c(/C=C2\C(=O)NC(=O)N(c3ccc(C)c(C)c3)C2=O)cc1OCC. The first-order chi connectivity index (χ1) is 15.3. The lowest BCUT2D eigenvalue weighted by Gasteiger charge is -2.27. The third kappa shape index (κ3) is 4.75. The van der Waals surface area contributed by atoms with Crippen LogP contribution in [0, 0.1) is 13.8 Å². The predicted octanol–water partition coefficient (Wildman–Crippen LogP) is 4.70. The van der Waals surface area contributed by atoms with Gasteiger partial charge in [-0.1, -0.05) is 34.7 Å². The summed E-state index contributed by atoms with van der Waals surface area (Å²) in [5, 5.41) is 2.24. The van der Waals surface area contributed by atoms with E-state index in [0.29, 0.717) is 40.4 Å². The third-order valence-electron chi connectivity index (χ3n) is 4.87. The van der Waals surface area contributed by atoms with E-state index in [2.05, 4.69) is 27.8 Å². The summed E-state index contributed by atoms with van der Waals surface area (Å²) in [6, 6.07) is 7.78. The second kappa shape index (κ2) is 9.82. The van der Waals surface area contributed by atoms with E-state index in [1.807, 2.05) is 26.8 Å². The Bertz CT molecular complexity index is 1140. The highest BCUT2D eigenvalue weighted by molar-refractivity contribution is 9.10. The zero-order valence-electron chi connectivity index (χ0n) is 18.0. The molecule has 2 aromatic rings. The van der Waals surface area contributed by atoms with Crippen LogP contribution in [0.5, 0.6) is 11.5 Å². The fourth-order valence-electron chi connectivity index (χ4n) is 3.10. The van der Waals surface area contributed by atoms with E-state index < -0.39 is 17.8 Å². The minimum Gasteiger partial charge on any atom is -0.490 e. The molecule has 32 heavy (non-hydrogen) atoms. The first-order valence-corrected chi connectivity index (χ1v) is 10.7. The van der Waals surface area contributed by atoms with Crippen LogP contribution in [0.4, 0.5) is 10.5 Å². The molecule has 1 aliphatic rings. The molecule has 0 atom stereocenters. The molecule has 1 saturated heterocycles. The summed E-state index contributed by atoms with van der Waals surface area (Å²) < 4.78 is 11.9. The van der Waals surface area contributed by atoms with Crippen LogP contribution < -0.4 is 19.7 Å². The van der Waals surface area contributed by atoms with Gasteiger partial charge >= 0.3 is 6.03 Å². The number of rotatable bonds is 7. The number of carbonyl (C=O) groups excluding carboxylic acids is 3. The molecule has 1 heterocycles. The summed E-state index contributed by atoms with van der Waals surface area (Å²) in [6.45, 7) is 9.98. The fraction of sp³-hybridized carbons (Fsp3) is 0.208. The zero-order valence-corrected chi connectivity index (χ0v) is 19.6. The number of nitrogens with one attached hydrogen (secondary N) is 1. The summed E-state index contributed by atoms with van der Waals surface area (Å²) in [5.41, 5.74) is 2.68. The number of barbiturate groups is 1. The maximum absolute atomic E-state index is 13.2. The van der Waals surface area contributed by atoms with Crippen LogP contribution in [-0.2, 0) is 9.59 Å². The number of hydrogen-bond acceptors (Lipinski definition) is 5. The van der Waals surface area contributed by atoms with Crippen molar-refractivity contribution in [2.45, 2.75) is 20.8 Å². The van der Waals surface area contributed by atoms with E-state index >= 15 is 0 Å². The van der Waals surface area contributed by atoms with Crippen molar-refractivity contribution in [1.82, 2.24) is 5.32 Å². The molecule has 0 aliphatic carbocycles. The number of nitrogens with zero attached hydrogens (tertiary/aromatic N) is 1. The Labute approximate surface area is 194 Å². The lowest BCUT2D eigenvalue weighted by molar-refractivity contribution is -0.122. The molecule has 1 aliphatic heterocycles. The average molecular weight is 499 g/mol. The summed E-state index contributed by atoms with van der Waals surface area (Å²) in [4.78, 5) is 39.1. The molecule has 2 aromatic carbocycles. The Kier molecular flexibility index (Phi) is 7.15. The second-order valence-corrected chi connectivity index (χ2v) is 7.93. The maximum atomic E-state index is 13.2. The third-order valence-corrected chi connectivity index (χ3v) is 5.56. The number of anilines is 1. The Morgan fingerprint density at radius 1 is 1.06 bits per heavy atom. The molecule has 0 aromatic heterocycles. The Morgan fingerprint density at radius 2 is 1.78 bits per heavy atom. The topological polar surface area (TPSA) is 84.9 Å². The van der Waals surface area contributed by atoms with Gasteiger partial charge in [-0.25, -0.2) is 9.69 Å². The zero-order chi connectivity index (χ0) is 23.4. The van der Waals surface area contributed by atoms with Gasteiger partial charge in [0.2, 0.25) is 0 Å². The number of carbonyl (C=O) groups is 3. The number of imide groups is 2. The molecular formula is C24H23BrN2O5. The molecule has 0 bridgehead atoms. The van der Waals surface area contributed by atoms with Crippen molar-refractivity contribution < 1.29 is 23.9 Å². The molecule has 0 saturated carbocycles. The summed E-state index contributed by atoms with van der Waals surface area (Å²) in [5.74, 6) is -0.530. The van der Waals surface area contributed by atoms with Crippen LogP contribution in [0.3, 0.4) is 0 Å². The van der Waals surface area contributed by atoms with Gasteiger partial charge in [0.05, 0.1) is 12.3 Å². The number of hydrogen-bond donors (Lipinski definition) is 1. The van der Waals surface area contributed by atoms with Crippen molar-refractivity contribution >= 4 is 45.5 Å². The number of benzene rings is 2. The highest BCUT2D eigenvalue weighted by Crippen LogP contribution is 2.35. The molecule has 0 radical (unpaired) electrons. The van der Waals surface area contributed by atoms with Gasteiger partial charge in [-0.3, -0.25) is 14.9 Å². The quantitative estimate of drug-likeness (QED) is 0.339. The van der Waals surface area contributed by atoms with Crippen molar-refractivity contribution in [3.63, 3.8) is 0 Å². The van der Waals surface area contributed by atoms with E-state index in [0.717, 1.165) is 16.0 Å². The van der Waals surface area contributed by atoms with Crippen molar-refractivity contribution in [2.75, 3.05) is 18.1 Å². The maximum Gasteiger partial charge on any atom is 0.335 e. The monoisotopic (exact) mass is 498 g/mol. The van der Waals surface area contributed by atoms with Crippen molar-refractivity contribution in [1.29, 1.82) is 0 Å². The van der Waals surface area contributed by atoms with Crippen LogP contribution in [0.25, 0.3) is 6.08 Å². The van der Waals surface area contributed by atoms with E-state index in [4.69, 9.17) is 9.47 Å². The molecule has 8 heteroatoms. The van der Waals surface area contributed by atoms with Crippen LogP contribution in [0.2, 0.25) is 0 Å². The second-order valence-electron chi connectivity index (χ2n) is 7.08. The van der Waals surface area contributed by atoms with Gasteiger partial charge < -0.3 is 9.47 Å². The summed E-state index contributed by atoms with van der Waals surface area (Å²) >= 11 is 3.45. The van der Waals surface area contributed by atoms with E-state index in [-0.39, 0.29) is 5.57 Å². The lowest BCUT2D eigenvalue weighted by Crippen LogP contribution is -2.54. The van der Waals surface area contributed by atoms with E-state index in [9.17, 15) is 14.4 Å². The van der Waals surface area contributed by atoms with Crippen LogP contribution >= 0.6 is 15.9 Å². The van der Waals surface area contributed by atoms with Gasteiger partial charge in [-0.2, -0.15) is 0 Å². The molecule has 1 N–H and O–H groups in total. The number of aryl methyl sites for hydroxylation is 2. The lowest BCUT2D eigenvalue weighted by atomic mass is 10.0. The minimum atomic E-state index is -0.789. The largest absolute Gasteiger partial charge is 0.490 e. The molecule has 3 rings (SSSR count). The standard InChI is InChI=1S/C24H23BrN2O5/c1-5-9-32-21-13-19(25)16(12-20(21)31-6-2)11-18-22(28)26-24(30)27(23(18)29)17-8-7-14(3)15(4)10-17/h5,7-8,10-13H,1,6,9H2,2-4H3,(H,26,28,30)/b18-11+. The van der Waals surface area contributed by atoms with Gasteiger partial charge in [-0.05, 0) is 67.8 Å². The Balaban J connectivity index is 2.04. The molecule has 0 spiro atoms. The predicted molar refractivity (Wildman–Crippen MR) is 126 cm³/mol. The van der Waals surface area contributed by atoms with Crippen LogP contribution in [0.15, 0.2) is 53.0 Å². The smallest absolute Gasteiger partial charge is 0.335 e. The first-order valence-electron chi connectivity index (χ1n) is 9.95. The van der Waals surface area contributed by atoms with Gasteiger partial charge in [-0.15, -0.1) is 0 Å². The van der Waals surface area contributed by atoms with Crippen molar-refractivity contribution in [2.24, 2.45) is 0 Å². The van der Waals surface area contributed by atoms with Gasteiger partial charge in [0, 0.05) is 4.47 Å². The van der Waals surface area contributed by atoms with Crippen molar-refractivity contribution in [3.05, 3.63) is 69.7 Å². The van der Waals surface area contributed by atoms with E-state index in [1.54, 1.807) is 30.3 Å². The highest BCUT2D eigenvalue weighted by Gasteiger charge is 2.37. The molecule has 166 valence electrons. The summed E-state index contributed by atoms with van der Waals surface area (Å²) in [6.07, 6.45) is 3.03. The fourth-order valence-corrected chi connectivity index (χ4v) is 3.54. The van der Waals surface area contributed by atoms with E-state index in [1.165, 1.54) is 6.08 Å². The number of ether oxygens (including phenoxy) is 2.